The summed E-state index contributed by atoms with van der Waals surface area (Å²) in [4.78, 5) is 22.9. The van der Waals surface area contributed by atoms with E-state index in [-0.39, 0.29) is 28.5 Å². The molecule has 0 aliphatic carbocycles. The number of nitrogens with two attached hydrogens (primary N) is 1. The number of rotatable bonds is 3. The first-order chi connectivity index (χ1) is 13.5. The summed E-state index contributed by atoms with van der Waals surface area (Å²) in [6.45, 7) is 1.07. The fourth-order valence-corrected chi connectivity index (χ4v) is 3.39. The average Bonchev–Trinajstić information content (AvgIpc) is 3.20. The van der Waals surface area contributed by atoms with E-state index in [0.717, 1.165) is 12.8 Å². The Kier molecular flexibility index (Phi) is 4.95. The molecule has 0 bridgehead atoms. The summed E-state index contributed by atoms with van der Waals surface area (Å²) >= 11 is 5.98. The van der Waals surface area contributed by atoms with Gasteiger partial charge in [-0.2, -0.15) is 4.98 Å². The monoisotopic (exact) mass is 401 g/mol. The Morgan fingerprint density at radius 2 is 2.11 bits per heavy atom. The van der Waals surface area contributed by atoms with Crippen molar-refractivity contribution in [3.05, 3.63) is 58.8 Å². The molecule has 3 heterocycles. The Bertz CT molecular complexity index is 1010. The molecule has 1 aliphatic rings. The standard InChI is InChI=1S/C19H17ClFN5O2/c20-15-8-13(9-23-16(15)22)19(27)26-7-1-2-12(10-26)18-24-17(25-28-18)11-3-5-14(21)6-4-11/h3-6,8-9,12H,1-2,7,10H2,(H2,22,23). The minimum Gasteiger partial charge on any atom is -0.382 e. The molecule has 0 radical (unpaired) electrons. The van der Waals surface area contributed by atoms with Gasteiger partial charge in [0.15, 0.2) is 0 Å². The molecule has 1 unspecified atom stereocenters. The molecule has 1 atom stereocenters. The molecule has 1 saturated heterocycles. The lowest BCUT2D eigenvalue weighted by atomic mass is 9.97. The maximum atomic E-state index is 13.1. The number of carbonyl (C=O) groups excluding carboxylic acids is 1. The lowest BCUT2D eigenvalue weighted by molar-refractivity contribution is 0.0695. The normalized spacial score (nSPS) is 16.9. The third-order valence-corrected chi connectivity index (χ3v) is 5.02. The van der Waals surface area contributed by atoms with Crippen LogP contribution in [0.25, 0.3) is 11.4 Å². The second kappa shape index (κ2) is 7.55. The molecule has 2 aromatic heterocycles. The number of carbonyl (C=O) groups is 1. The first kappa shape index (κ1) is 18.4. The van der Waals surface area contributed by atoms with Crippen LogP contribution in [0, 0.1) is 5.82 Å². The molecule has 0 saturated carbocycles. The minimum absolute atomic E-state index is 0.0726. The van der Waals surface area contributed by atoms with E-state index < -0.39 is 0 Å². The lowest BCUT2D eigenvalue weighted by Crippen LogP contribution is -2.39. The number of nitrogens with zero attached hydrogens (tertiary/aromatic N) is 4. The van der Waals surface area contributed by atoms with Crippen LogP contribution in [0.2, 0.25) is 5.02 Å². The van der Waals surface area contributed by atoms with Gasteiger partial charge >= 0.3 is 0 Å². The van der Waals surface area contributed by atoms with Crippen molar-refractivity contribution < 1.29 is 13.7 Å². The minimum atomic E-state index is -0.328. The van der Waals surface area contributed by atoms with Gasteiger partial charge in [-0.1, -0.05) is 16.8 Å². The number of aromatic nitrogens is 3. The van der Waals surface area contributed by atoms with Crippen molar-refractivity contribution in [2.75, 3.05) is 18.8 Å². The number of nitrogen functional groups attached to an aromatic ring is 1. The number of likely N-dealkylation sites (tertiary alicyclic amines) is 1. The molecule has 1 amide bonds. The second-order valence-corrected chi connectivity index (χ2v) is 7.05. The summed E-state index contributed by atoms with van der Waals surface area (Å²) in [5.41, 5.74) is 6.66. The molecule has 9 heteroatoms. The van der Waals surface area contributed by atoms with Crippen LogP contribution in [-0.4, -0.2) is 39.0 Å². The van der Waals surface area contributed by atoms with Crippen molar-refractivity contribution in [1.29, 1.82) is 0 Å². The van der Waals surface area contributed by atoms with Crippen LogP contribution in [0.1, 0.15) is 35.0 Å². The van der Waals surface area contributed by atoms with Gasteiger partial charge in [-0.05, 0) is 43.2 Å². The average molecular weight is 402 g/mol. The molecule has 28 heavy (non-hydrogen) atoms. The number of anilines is 1. The van der Waals surface area contributed by atoms with Crippen LogP contribution in [0.3, 0.4) is 0 Å². The third kappa shape index (κ3) is 3.68. The van der Waals surface area contributed by atoms with Crippen LogP contribution in [0.5, 0.6) is 0 Å². The Hall–Kier alpha value is -3.00. The highest BCUT2D eigenvalue weighted by molar-refractivity contribution is 6.33. The summed E-state index contributed by atoms with van der Waals surface area (Å²) in [7, 11) is 0. The Labute approximate surface area is 165 Å². The molecule has 4 rings (SSSR count). The molecule has 7 nitrogen and oxygen atoms in total. The van der Waals surface area contributed by atoms with Gasteiger partial charge in [-0.25, -0.2) is 9.37 Å². The smallest absolute Gasteiger partial charge is 0.255 e. The summed E-state index contributed by atoms with van der Waals surface area (Å²) in [6, 6.07) is 7.41. The van der Waals surface area contributed by atoms with E-state index in [1.54, 1.807) is 17.0 Å². The first-order valence-corrected chi connectivity index (χ1v) is 9.19. The van der Waals surface area contributed by atoms with E-state index in [2.05, 4.69) is 15.1 Å². The van der Waals surface area contributed by atoms with Crippen molar-refractivity contribution in [2.24, 2.45) is 0 Å². The Morgan fingerprint density at radius 3 is 2.86 bits per heavy atom. The summed E-state index contributed by atoms with van der Waals surface area (Å²) in [5.74, 6) is 0.479. The summed E-state index contributed by atoms with van der Waals surface area (Å²) in [5, 5.41) is 4.24. The molecule has 3 aromatic rings. The Morgan fingerprint density at radius 1 is 1.32 bits per heavy atom. The van der Waals surface area contributed by atoms with Crippen LogP contribution < -0.4 is 5.73 Å². The molecule has 1 aliphatic heterocycles. The van der Waals surface area contributed by atoms with Gasteiger partial charge in [0.25, 0.3) is 5.91 Å². The van der Waals surface area contributed by atoms with Gasteiger partial charge in [-0.15, -0.1) is 0 Å². The van der Waals surface area contributed by atoms with Crippen LogP contribution in [0.4, 0.5) is 10.2 Å². The number of hydrogen-bond acceptors (Lipinski definition) is 6. The number of pyridine rings is 1. The van der Waals surface area contributed by atoms with Crippen molar-refractivity contribution >= 4 is 23.3 Å². The highest BCUT2D eigenvalue weighted by Crippen LogP contribution is 2.29. The topological polar surface area (TPSA) is 98.1 Å². The molecule has 0 spiro atoms. The fourth-order valence-electron chi connectivity index (χ4n) is 3.23. The van der Waals surface area contributed by atoms with Gasteiger partial charge < -0.3 is 15.2 Å². The van der Waals surface area contributed by atoms with Gasteiger partial charge in [-0.3, -0.25) is 4.79 Å². The predicted molar refractivity (Wildman–Crippen MR) is 101 cm³/mol. The van der Waals surface area contributed by atoms with Crippen molar-refractivity contribution in [2.45, 2.75) is 18.8 Å². The van der Waals surface area contributed by atoms with Gasteiger partial charge in [0.2, 0.25) is 11.7 Å². The van der Waals surface area contributed by atoms with Crippen molar-refractivity contribution in [3.8, 4) is 11.4 Å². The van der Waals surface area contributed by atoms with Gasteiger partial charge in [0, 0.05) is 24.8 Å². The fraction of sp³-hybridized carbons (Fsp3) is 0.263. The summed E-state index contributed by atoms with van der Waals surface area (Å²) < 4.78 is 18.5. The highest BCUT2D eigenvalue weighted by atomic mass is 35.5. The van der Waals surface area contributed by atoms with Crippen LogP contribution in [0.15, 0.2) is 41.1 Å². The first-order valence-electron chi connectivity index (χ1n) is 8.81. The van der Waals surface area contributed by atoms with E-state index in [4.69, 9.17) is 21.9 Å². The molecule has 2 N–H and O–H groups in total. The quantitative estimate of drug-likeness (QED) is 0.720. The zero-order chi connectivity index (χ0) is 19.7. The number of hydrogen-bond donors (Lipinski definition) is 1. The van der Waals surface area contributed by atoms with E-state index in [0.29, 0.717) is 35.9 Å². The molecule has 1 aromatic carbocycles. The largest absolute Gasteiger partial charge is 0.382 e. The predicted octanol–water partition coefficient (Wildman–Crippen LogP) is 3.53. The summed E-state index contributed by atoms with van der Waals surface area (Å²) in [6.07, 6.45) is 3.06. The zero-order valence-corrected chi connectivity index (χ0v) is 15.6. The SMILES string of the molecule is Nc1ncc(C(=O)N2CCCC(c3nc(-c4ccc(F)cc4)no3)C2)cc1Cl. The van der Waals surface area contributed by atoms with E-state index in [1.165, 1.54) is 24.4 Å². The van der Waals surface area contributed by atoms with E-state index in [9.17, 15) is 9.18 Å². The molecular formula is C19H17ClFN5O2. The number of halogens is 2. The zero-order valence-electron chi connectivity index (χ0n) is 14.8. The second-order valence-electron chi connectivity index (χ2n) is 6.64. The van der Waals surface area contributed by atoms with Gasteiger partial charge in [0.05, 0.1) is 16.5 Å². The molecule has 1 fully saturated rings. The van der Waals surface area contributed by atoms with Gasteiger partial charge in [0.1, 0.15) is 11.6 Å². The van der Waals surface area contributed by atoms with E-state index >= 15 is 0 Å². The van der Waals surface area contributed by atoms with Crippen LogP contribution >= 0.6 is 11.6 Å². The maximum absolute atomic E-state index is 13.1. The van der Waals surface area contributed by atoms with E-state index in [1.807, 2.05) is 0 Å². The number of amides is 1. The number of piperidine rings is 1. The van der Waals surface area contributed by atoms with Crippen molar-refractivity contribution in [3.63, 3.8) is 0 Å². The molecule has 144 valence electrons. The van der Waals surface area contributed by atoms with Crippen molar-refractivity contribution in [1.82, 2.24) is 20.0 Å². The third-order valence-electron chi connectivity index (χ3n) is 4.72. The number of benzene rings is 1. The highest BCUT2D eigenvalue weighted by Gasteiger charge is 2.29. The Balaban J connectivity index is 1.50. The van der Waals surface area contributed by atoms with Crippen LogP contribution in [-0.2, 0) is 0 Å². The lowest BCUT2D eigenvalue weighted by Gasteiger charge is -2.31. The molecular weight excluding hydrogens is 385 g/mol. The maximum Gasteiger partial charge on any atom is 0.255 e.